The molecular formula is C30H44FN5O7. The summed E-state index contributed by atoms with van der Waals surface area (Å²) in [6.07, 6.45) is 2.21. The highest BCUT2D eigenvalue weighted by Crippen LogP contribution is 2.37. The number of aryl methyl sites for hydroxylation is 1. The van der Waals surface area contributed by atoms with Gasteiger partial charge in [0.15, 0.2) is 0 Å². The van der Waals surface area contributed by atoms with Gasteiger partial charge in [-0.3, -0.25) is 9.59 Å². The first-order valence-corrected chi connectivity index (χ1v) is 14.5. The summed E-state index contributed by atoms with van der Waals surface area (Å²) in [5.74, 6) is -0.187. The first-order valence-electron chi connectivity index (χ1n) is 14.5. The Morgan fingerprint density at radius 3 is 2.26 bits per heavy atom. The standard InChI is InChI=1S/C30H44FN5O7/c1-4-27(37)33-7-9-40-11-13-42-15-16-43-14-12-41-10-8-34-29(38)25-18-22(20-36-28(25)21(2)35-30(36)32)17-23-19-24(39-3)5-6-26(23)31/h4-6,19,22,25H,1,7-18,20H2,2-3H3,(H2,32,35)(H,33,37)(H,34,38)/t22-,25+/m1/s1. The third-order valence-corrected chi connectivity index (χ3v) is 7.03. The lowest BCUT2D eigenvalue weighted by molar-refractivity contribution is -0.123. The van der Waals surface area contributed by atoms with E-state index in [4.69, 9.17) is 29.4 Å². The second-order valence-electron chi connectivity index (χ2n) is 10.1. The molecule has 0 aliphatic carbocycles. The van der Waals surface area contributed by atoms with Crippen molar-refractivity contribution in [2.24, 2.45) is 5.92 Å². The second kappa shape index (κ2) is 18.2. The monoisotopic (exact) mass is 605 g/mol. The number of amides is 2. The van der Waals surface area contributed by atoms with Gasteiger partial charge in [0, 0.05) is 19.6 Å². The van der Waals surface area contributed by atoms with E-state index in [1.165, 1.54) is 12.1 Å². The topological polar surface area (TPSA) is 148 Å². The molecule has 3 rings (SSSR count). The van der Waals surface area contributed by atoms with Crippen molar-refractivity contribution in [3.8, 4) is 5.75 Å². The minimum Gasteiger partial charge on any atom is -0.497 e. The molecule has 1 aromatic carbocycles. The molecule has 0 bridgehead atoms. The molecule has 2 heterocycles. The van der Waals surface area contributed by atoms with Crippen LogP contribution in [0.2, 0.25) is 0 Å². The Morgan fingerprint density at radius 2 is 1.65 bits per heavy atom. The number of nitrogens with two attached hydrogens (primary N) is 1. The highest BCUT2D eigenvalue weighted by Gasteiger charge is 2.35. The highest BCUT2D eigenvalue weighted by molar-refractivity contribution is 5.86. The average Bonchev–Trinajstić information content (AvgIpc) is 3.29. The second-order valence-corrected chi connectivity index (χ2v) is 10.1. The number of fused-ring (bicyclic) bond motifs is 1. The third-order valence-electron chi connectivity index (χ3n) is 7.03. The number of nitrogen functional groups attached to an aromatic ring is 1. The van der Waals surface area contributed by atoms with Gasteiger partial charge < -0.3 is 44.6 Å². The molecule has 238 valence electrons. The summed E-state index contributed by atoms with van der Waals surface area (Å²) in [4.78, 5) is 28.6. The van der Waals surface area contributed by atoms with Crippen LogP contribution in [0.1, 0.15) is 29.3 Å². The molecule has 13 heteroatoms. The van der Waals surface area contributed by atoms with Gasteiger partial charge in [-0.1, -0.05) is 6.58 Å². The minimum atomic E-state index is -0.455. The molecule has 2 amide bonds. The van der Waals surface area contributed by atoms with Crippen LogP contribution in [0.5, 0.6) is 5.75 Å². The zero-order valence-corrected chi connectivity index (χ0v) is 25.1. The summed E-state index contributed by atoms with van der Waals surface area (Å²) >= 11 is 0. The Morgan fingerprint density at radius 1 is 1.05 bits per heavy atom. The van der Waals surface area contributed by atoms with Crippen LogP contribution >= 0.6 is 0 Å². The fourth-order valence-corrected chi connectivity index (χ4v) is 4.99. The molecule has 4 N–H and O–H groups in total. The van der Waals surface area contributed by atoms with Crippen molar-refractivity contribution < 1.29 is 37.7 Å². The number of nitrogens with zero attached hydrogens (tertiary/aromatic N) is 2. The fourth-order valence-electron chi connectivity index (χ4n) is 4.99. The van der Waals surface area contributed by atoms with E-state index in [-0.39, 0.29) is 23.5 Å². The Hall–Kier alpha value is -3.52. The number of carbonyl (C=O) groups is 2. The average molecular weight is 606 g/mol. The van der Waals surface area contributed by atoms with E-state index in [2.05, 4.69) is 22.2 Å². The predicted octanol–water partition coefficient (Wildman–Crippen LogP) is 1.75. The number of methoxy groups -OCH3 is 1. The largest absolute Gasteiger partial charge is 0.497 e. The molecule has 12 nitrogen and oxygen atoms in total. The van der Waals surface area contributed by atoms with Crippen molar-refractivity contribution in [1.29, 1.82) is 0 Å². The molecule has 0 radical (unpaired) electrons. The zero-order valence-electron chi connectivity index (χ0n) is 25.1. The molecule has 0 saturated carbocycles. The van der Waals surface area contributed by atoms with E-state index in [1.807, 2.05) is 11.5 Å². The van der Waals surface area contributed by atoms with Crippen molar-refractivity contribution in [2.75, 3.05) is 78.8 Å². The van der Waals surface area contributed by atoms with Crippen molar-refractivity contribution in [2.45, 2.75) is 32.2 Å². The quantitative estimate of drug-likeness (QED) is 0.152. The van der Waals surface area contributed by atoms with Crippen LogP contribution in [0.25, 0.3) is 0 Å². The van der Waals surface area contributed by atoms with E-state index in [9.17, 15) is 14.0 Å². The minimum absolute atomic E-state index is 0.0118. The SMILES string of the molecule is C=CC(=O)NCCOCCOCCOCCOCCNC(=O)[C@H]1C[C@@H](Cc2cc(OC)ccc2F)Cn2c(N)nc(C)c21. The maximum Gasteiger partial charge on any atom is 0.243 e. The van der Waals surface area contributed by atoms with Crippen LogP contribution in [-0.2, 0) is 41.5 Å². The molecule has 1 aromatic heterocycles. The van der Waals surface area contributed by atoms with E-state index in [1.54, 1.807) is 19.2 Å². The van der Waals surface area contributed by atoms with E-state index in [0.717, 1.165) is 11.4 Å². The normalized spacial score (nSPS) is 16.0. The summed E-state index contributed by atoms with van der Waals surface area (Å²) in [6, 6.07) is 4.69. The number of imidazole rings is 1. The molecule has 2 aromatic rings. The van der Waals surface area contributed by atoms with Crippen molar-refractivity contribution in [3.63, 3.8) is 0 Å². The number of anilines is 1. The number of carbonyl (C=O) groups excluding carboxylic acids is 2. The molecule has 0 spiro atoms. The van der Waals surface area contributed by atoms with Crippen molar-refractivity contribution in [3.05, 3.63) is 53.6 Å². The number of aromatic nitrogens is 2. The number of benzene rings is 1. The van der Waals surface area contributed by atoms with E-state index >= 15 is 0 Å². The van der Waals surface area contributed by atoms with Gasteiger partial charge in [-0.15, -0.1) is 0 Å². The zero-order chi connectivity index (χ0) is 31.0. The van der Waals surface area contributed by atoms with E-state index < -0.39 is 5.92 Å². The predicted molar refractivity (Wildman–Crippen MR) is 158 cm³/mol. The summed E-state index contributed by atoms with van der Waals surface area (Å²) in [7, 11) is 1.55. The summed E-state index contributed by atoms with van der Waals surface area (Å²) in [5.41, 5.74) is 8.24. The molecular weight excluding hydrogens is 561 g/mol. The van der Waals surface area contributed by atoms with Crippen LogP contribution < -0.4 is 21.1 Å². The molecule has 0 fully saturated rings. The summed E-state index contributed by atoms with van der Waals surface area (Å²) < 4.78 is 43.5. The van der Waals surface area contributed by atoms with Gasteiger partial charge in [-0.05, 0) is 55.5 Å². The van der Waals surface area contributed by atoms with Gasteiger partial charge in [0.25, 0.3) is 0 Å². The first-order chi connectivity index (χ1) is 20.8. The lowest BCUT2D eigenvalue weighted by Crippen LogP contribution is -2.38. The van der Waals surface area contributed by atoms with Crippen LogP contribution in [0.15, 0.2) is 30.9 Å². The molecule has 2 atom stereocenters. The highest BCUT2D eigenvalue weighted by atomic mass is 19.1. The summed E-state index contributed by atoms with van der Waals surface area (Å²) in [6.45, 7) is 9.79. The Balaban J connectivity index is 1.31. The van der Waals surface area contributed by atoms with Crippen LogP contribution in [-0.4, -0.2) is 94.4 Å². The maximum absolute atomic E-state index is 14.5. The summed E-state index contributed by atoms with van der Waals surface area (Å²) in [5, 5.41) is 5.58. The van der Waals surface area contributed by atoms with Gasteiger partial charge in [-0.25, -0.2) is 9.37 Å². The molecule has 1 aliphatic heterocycles. The van der Waals surface area contributed by atoms with Gasteiger partial charge in [0.1, 0.15) is 11.6 Å². The fraction of sp³-hybridized carbons (Fsp3) is 0.567. The number of rotatable bonds is 20. The molecule has 0 unspecified atom stereocenters. The lowest BCUT2D eigenvalue weighted by atomic mass is 9.83. The smallest absolute Gasteiger partial charge is 0.243 e. The Labute approximate surface area is 252 Å². The van der Waals surface area contributed by atoms with Gasteiger partial charge in [-0.2, -0.15) is 0 Å². The van der Waals surface area contributed by atoms with Crippen LogP contribution in [0.3, 0.4) is 0 Å². The number of hydrogen-bond donors (Lipinski definition) is 3. The number of ether oxygens (including phenoxy) is 5. The maximum atomic E-state index is 14.5. The van der Waals surface area contributed by atoms with Gasteiger partial charge in [0.2, 0.25) is 17.8 Å². The first kappa shape index (κ1) is 34.0. The van der Waals surface area contributed by atoms with Crippen molar-refractivity contribution >= 4 is 17.8 Å². The Bertz CT molecular complexity index is 1190. The third kappa shape index (κ3) is 10.9. The van der Waals surface area contributed by atoms with Crippen molar-refractivity contribution in [1.82, 2.24) is 20.2 Å². The lowest BCUT2D eigenvalue weighted by Gasteiger charge is -2.31. The van der Waals surface area contributed by atoms with E-state index in [0.29, 0.717) is 103 Å². The molecule has 0 saturated heterocycles. The molecule has 43 heavy (non-hydrogen) atoms. The number of hydrogen-bond acceptors (Lipinski definition) is 9. The van der Waals surface area contributed by atoms with Gasteiger partial charge >= 0.3 is 0 Å². The number of halogens is 1. The number of nitrogens with one attached hydrogen (secondary N) is 2. The molecule has 1 aliphatic rings. The Kier molecular flexibility index (Phi) is 14.4. The van der Waals surface area contributed by atoms with Crippen LogP contribution in [0, 0.1) is 18.7 Å². The van der Waals surface area contributed by atoms with Gasteiger partial charge in [0.05, 0.1) is 77.3 Å². The van der Waals surface area contributed by atoms with Crippen LogP contribution in [0.4, 0.5) is 10.3 Å².